The van der Waals surface area contributed by atoms with Crippen molar-refractivity contribution in [3.63, 3.8) is 0 Å². The highest BCUT2D eigenvalue weighted by Crippen LogP contribution is 2.06. The molecule has 0 aromatic heterocycles. The Kier molecular flexibility index (Phi) is 2.01. The fourth-order valence-corrected chi connectivity index (χ4v) is 0.980. The van der Waals surface area contributed by atoms with Crippen molar-refractivity contribution in [1.29, 1.82) is 0 Å². The highest BCUT2D eigenvalue weighted by molar-refractivity contribution is 5.86. The van der Waals surface area contributed by atoms with E-state index in [0.29, 0.717) is 13.1 Å². The number of aliphatic carboxylic acids is 1. The van der Waals surface area contributed by atoms with E-state index in [-0.39, 0.29) is 12.2 Å². The third-order valence-electron chi connectivity index (χ3n) is 1.54. The molecule has 4 heteroatoms. The summed E-state index contributed by atoms with van der Waals surface area (Å²) in [5.74, 6) is -1.42. The van der Waals surface area contributed by atoms with Crippen LogP contribution >= 0.6 is 0 Å². The molecule has 4 nitrogen and oxygen atoms in total. The van der Waals surface area contributed by atoms with Crippen molar-refractivity contribution in [3.8, 4) is 0 Å². The average molecular weight is 143 g/mol. The Morgan fingerprint density at radius 2 is 2.40 bits per heavy atom. The van der Waals surface area contributed by atoms with Gasteiger partial charge in [0.15, 0.2) is 0 Å². The van der Waals surface area contributed by atoms with Gasteiger partial charge in [0, 0.05) is 13.0 Å². The topological polar surface area (TPSA) is 66.4 Å². The number of hydrogen-bond acceptors (Lipinski definition) is 3. The van der Waals surface area contributed by atoms with Crippen LogP contribution in [0.15, 0.2) is 0 Å². The highest BCUT2D eigenvalue weighted by atomic mass is 16.4. The first-order valence-corrected chi connectivity index (χ1v) is 3.15. The molecular formula is C6H9NO3. The Hall–Kier alpha value is -0.900. The van der Waals surface area contributed by atoms with Crippen molar-refractivity contribution < 1.29 is 14.7 Å². The van der Waals surface area contributed by atoms with Gasteiger partial charge in [0.1, 0.15) is 5.78 Å². The molecule has 1 aliphatic rings. The van der Waals surface area contributed by atoms with Gasteiger partial charge in [0.25, 0.3) is 0 Å². The Balaban J connectivity index is 2.47. The zero-order valence-corrected chi connectivity index (χ0v) is 5.46. The van der Waals surface area contributed by atoms with Crippen LogP contribution in [0.4, 0.5) is 0 Å². The predicted molar refractivity (Wildman–Crippen MR) is 33.6 cm³/mol. The second-order valence-electron chi connectivity index (χ2n) is 2.41. The van der Waals surface area contributed by atoms with Gasteiger partial charge >= 0.3 is 5.97 Å². The van der Waals surface area contributed by atoms with E-state index in [2.05, 4.69) is 5.32 Å². The summed E-state index contributed by atoms with van der Waals surface area (Å²) in [6, 6.07) is 0. The van der Waals surface area contributed by atoms with E-state index in [1.54, 1.807) is 0 Å². The van der Waals surface area contributed by atoms with Gasteiger partial charge in [-0.3, -0.25) is 9.59 Å². The van der Waals surface area contributed by atoms with Gasteiger partial charge in [-0.2, -0.15) is 0 Å². The zero-order valence-electron chi connectivity index (χ0n) is 5.46. The van der Waals surface area contributed by atoms with Crippen molar-refractivity contribution in [2.45, 2.75) is 6.42 Å². The van der Waals surface area contributed by atoms with Crippen molar-refractivity contribution in [3.05, 3.63) is 0 Å². The van der Waals surface area contributed by atoms with Gasteiger partial charge in [-0.1, -0.05) is 0 Å². The normalized spacial score (nSPS) is 26.4. The number of Topliss-reactive ketones (excluding diaryl/α,β-unsaturated/α-hetero) is 1. The first-order valence-electron chi connectivity index (χ1n) is 3.15. The van der Waals surface area contributed by atoms with E-state index >= 15 is 0 Å². The minimum absolute atomic E-state index is 0.0151. The van der Waals surface area contributed by atoms with Crippen LogP contribution in [0, 0.1) is 5.92 Å². The minimum atomic E-state index is -0.888. The summed E-state index contributed by atoms with van der Waals surface area (Å²) in [4.78, 5) is 21.0. The number of piperidine rings is 1. The molecule has 0 aromatic rings. The smallest absolute Gasteiger partial charge is 0.308 e. The SMILES string of the molecule is O=C1CNCC(C(=O)O)C1. The number of nitrogens with one attached hydrogen (secondary N) is 1. The van der Waals surface area contributed by atoms with Crippen LogP contribution in [0.3, 0.4) is 0 Å². The Morgan fingerprint density at radius 1 is 1.70 bits per heavy atom. The molecule has 0 aromatic carbocycles. The van der Waals surface area contributed by atoms with Gasteiger partial charge in [-0.25, -0.2) is 0 Å². The van der Waals surface area contributed by atoms with E-state index < -0.39 is 11.9 Å². The summed E-state index contributed by atoms with van der Waals surface area (Å²) in [5.41, 5.74) is 0. The maximum Gasteiger partial charge on any atom is 0.308 e. The zero-order chi connectivity index (χ0) is 7.56. The number of hydrogen-bond donors (Lipinski definition) is 2. The molecule has 1 rings (SSSR count). The molecular weight excluding hydrogens is 134 g/mol. The molecule has 1 unspecified atom stereocenters. The maximum absolute atomic E-state index is 10.7. The summed E-state index contributed by atoms with van der Waals surface area (Å²) in [6.45, 7) is 0.741. The molecule has 2 N–H and O–H groups in total. The lowest BCUT2D eigenvalue weighted by Crippen LogP contribution is -2.39. The van der Waals surface area contributed by atoms with Gasteiger partial charge in [0.05, 0.1) is 12.5 Å². The molecule has 1 aliphatic heterocycles. The van der Waals surface area contributed by atoms with E-state index in [9.17, 15) is 9.59 Å². The largest absolute Gasteiger partial charge is 0.481 e. The third-order valence-corrected chi connectivity index (χ3v) is 1.54. The van der Waals surface area contributed by atoms with Crippen molar-refractivity contribution in [2.75, 3.05) is 13.1 Å². The molecule has 0 radical (unpaired) electrons. The number of carbonyl (C=O) groups is 2. The second-order valence-corrected chi connectivity index (χ2v) is 2.41. The first-order chi connectivity index (χ1) is 4.70. The number of ketones is 1. The molecule has 1 saturated heterocycles. The molecule has 56 valence electrons. The minimum Gasteiger partial charge on any atom is -0.481 e. The van der Waals surface area contributed by atoms with E-state index in [4.69, 9.17) is 5.11 Å². The quantitative estimate of drug-likeness (QED) is 0.507. The van der Waals surface area contributed by atoms with Crippen molar-refractivity contribution >= 4 is 11.8 Å². The van der Waals surface area contributed by atoms with Gasteiger partial charge in [-0.05, 0) is 0 Å². The molecule has 0 spiro atoms. The molecule has 10 heavy (non-hydrogen) atoms. The standard InChI is InChI=1S/C6H9NO3/c8-5-1-4(6(9)10)2-7-3-5/h4,7H,1-3H2,(H,9,10). The Labute approximate surface area is 58.2 Å². The molecule has 1 fully saturated rings. The van der Waals surface area contributed by atoms with E-state index in [1.165, 1.54) is 0 Å². The second kappa shape index (κ2) is 2.79. The van der Waals surface area contributed by atoms with Crippen LogP contribution in [0.1, 0.15) is 6.42 Å². The molecule has 0 aliphatic carbocycles. The molecule has 0 saturated carbocycles. The van der Waals surface area contributed by atoms with Crippen LogP contribution in [-0.2, 0) is 9.59 Å². The maximum atomic E-state index is 10.7. The lowest BCUT2D eigenvalue weighted by atomic mass is 9.99. The van der Waals surface area contributed by atoms with Crippen LogP contribution < -0.4 is 5.32 Å². The lowest BCUT2D eigenvalue weighted by molar-refractivity contribution is -0.144. The highest BCUT2D eigenvalue weighted by Gasteiger charge is 2.24. The van der Waals surface area contributed by atoms with Gasteiger partial charge in [0.2, 0.25) is 0 Å². The molecule has 0 bridgehead atoms. The number of carboxylic acids is 1. The van der Waals surface area contributed by atoms with Gasteiger partial charge in [-0.15, -0.1) is 0 Å². The van der Waals surface area contributed by atoms with Crippen molar-refractivity contribution in [1.82, 2.24) is 5.32 Å². The summed E-state index contributed by atoms with van der Waals surface area (Å²) in [6.07, 6.45) is 0.183. The number of carboxylic acid groups (broad SMARTS) is 1. The summed E-state index contributed by atoms with van der Waals surface area (Å²) in [7, 11) is 0. The molecule has 1 heterocycles. The fourth-order valence-electron chi connectivity index (χ4n) is 0.980. The molecule has 0 amide bonds. The van der Waals surface area contributed by atoms with Crippen LogP contribution in [0.2, 0.25) is 0 Å². The predicted octanol–water partition coefficient (Wildman–Crippen LogP) is -0.750. The van der Waals surface area contributed by atoms with Crippen LogP contribution in [0.25, 0.3) is 0 Å². The Bertz CT molecular complexity index is 164. The number of rotatable bonds is 1. The monoisotopic (exact) mass is 143 g/mol. The summed E-state index contributed by atoms with van der Waals surface area (Å²) < 4.78 is 0. The van der Waals surface area contributed by atoms with Crippen LogP contribution in [-0.4, -0.2) is 29.9 Å². The van der Waals surface area contributed by atoms with E-state index in [1.807, 2.05) is 0 Å². The summed E-state index contributed by atoms with van der Waals surface area (Å²) >= 11 is 0. The lowest BCUT2D eigenvalue weighted by Gasteiger charge is -2.17. The third kappa shape index (κ3) is 1.54. The van der Waals surface area contributed by atoms with Crippen LogP contribution in [0.5, 0.6) is 0 Å². The van der Waals surface area contributed by atoms with E-state index in [0.717, 1.165) is 0 Å². The number of carbonyl (C=O) groups excluding carboxylic acids is 1. The summed E-state index contributed by atoms with van der Waals surface area (Å²) in [5, 5.41) is 11.2. The fraction of sp³-hybridized carbons (Fsp3) is 0.667. The van der Waals surface area contributed by atoms with Crippen molar-refractivity contribution in [2.24, 2.45) is 5.92 Å². The average Bonchev–Trinajstić information content (AvgIpc) is 1.88. The Morgan fingerprint density at radius 3 is 2.80 bits per heavy atom. The first kappa shape index (κ1) is 7.21. The van der Waals surface area contributed by atoms with Gasteiger partial charge < -0.3 is 10.4 Å². The molecule has 1 atom stereocenters.